The Bertz CT molecular complexity index is 662. The zero-order chi connectivity index (χ0) is 11.3. The average molecular weight is 268 g/mol. The molecule has 1 aliphatic rings. The molecule has 5 heteroatoms. The molecule has 84 valence electrons. The first kappa shape index (κ1) is 10.6. The Morgan fingerprint density at radius 1 is 1.44 bits per heavy atom. The number of hydrogen-bond donors (Lipinski definition) is 2. The van der Waals surface area contributed by atoms with Crippen LogP contribution in [0.5, 0.6) is 0 Å². The minimum Gasteiger partial charge on any atom is -0.329 e. The lowest BCUT2D eigenvalue weighted by Gasteiger charge is -2.17. The third-order valence-electron chi connectivity index (χ3n) is 3.15. The fourth-order valence-corrected chi connectivity index (χ4v) is 4.97. The third-order valence-corrected chi connectivity index (χ3v) is 5.37. The molecule has 0 saturated carbocycles. The van der Waals surface area contributed by atoms with Gasteiger partial charge >= 0.3 is 0 Å². The molecular formula is C11H12N2S3. The summed E-state index contributed by atoms with van der Waals surface area (Å²) < 4.78 is 1.34. The Balaban J connectivity index is 2.38. The van der Waals surface area contributed by atoms with Crippen molar-refractivity contribution in [3.05, 3.63) is 19.1 Å². The molecule has 0 aliphatic heterocycles. The van der Waals surface area contributed by atoms with Crippen molar-refractivity contribution in [3.8, 4) is 0 Å². The van der Waals surface area contributed by atoms with Crippen LogP contribution in [0.3, 0.4) is 0 Å². The molecule has 0 spiro atoms. The second-order valence-corrected chi connectivity index (χ2v) is 7.19. The summed E-state index contributed by atoms with van der Waals surface area (Å²) in [5, 5.41) is 9.18. The average Bonchev–Trinajstić information content (AvgIpc) is 2.54. The molecular weight excluding hydrogens is 256 g/mol. The zero-order valence-electron chi connectivity index (χ0n) is 8.92. The van der Waals surface area contributed by atoms with Crippen LogP contribution >= 0.6 is 34.9 Å². The molecule has 0 radical (unpaired) electrons. The van der Waals surface area contributed by atoms with Crippen molar-refractivity contribution in [1.29, 1.82) is 5.41 Å². The van der Waals surface area contributed by atoms with Crippen LogP contribution in [0.25, 0.3) is 10.2 Å². The van der Waals surface area contributed by atoms with Crippen LogP contribution < -0.4 is 4.67 Å². The van der Waals surface area contributed by atoms with Gasteiger partial charge in [-0.3, -0.25) is 5.41 Å². The van der Waals surface area contributed by atoms with Gasteiger partial charge < -0.3 is 4.98 Å². The van der Waals surface area contributed by atoms with E-state index in [-0.39, 0.29) is 0 Å². The van der Waals surface area contributed by atoms with Crippen molar-refractivity contribution >= 4 is 45.1 Å². The van der Waals surface area contributed by atoms with Gasteiger partial charge in [0, 0.05) is 10.3 Å². The maximum Gasteiger partial charge on any atom is 0.161 e. The van der Waals surface area contributed by atoms with Gasteiger partial charge in [0.15, 0.2) is 3.95 Å². The minimum atomic E-state index is 0.630. The molecule has 1 unspecified atom stereocenters. The van der Waals surface area contributed by atoms with Gasteiger partial charge in [-0.1, -0.05) is 18.3 Å². The molecule has 0 aromatic carbocycles. The highest BCUT2D eigenvalue weighted by atomic mass is 32.1. The minimum absolute atomic E-state index is 0.630. The summed E-state index contributed by atoms with van der Waals surface area (Å²) in [6, 6.07) is 0. The summed E-state index contributed by atoms with van der Waals surface area (Å²) in [5.41, 5.74) is 1.41. The highest BCUT2D eigenvalue weighted by molar-refractivity contribution is 7.73. The van der Waals surface area contributed by atoms with E-state index in [0.29, 0.717) is 8.63 Å². The monoisotopic (exact) mass is 268 g/mol. The number of H-pyrrole nitrogens is 1. The summed E-state index contributed by atoms with van der Waals surface area (Å²) in [5.74, 6) is 0.779. The molecule has 0 fully saturated rings. The number of rotatable bonds is 0. The number of aromatic nitrogens is 1. The van der Waals surface area contributed by atoms with E-state index in [2.05, 4.69) is 11.9 Å². The molecule has 2 N–H and O–H groups in total. The molecule has 0 bridgehead atoms. The first-order valence-electron chi connectivity index (χ1n) is 5.37. The van der Waals surface area contributed by atoms with E-state index < -0.39 is 0 Å². The van der Waals surface area contributed by atoms with E-state index in [9.17, 15) is 0 Å². The maximum absolute atomic E-state index is 8.05. The van der Waals surface area contributed by atoms with Gasteiger partial charge in [0.1, 0.15) is 9.50 Å². The summed E-state index contributed by atoms with van der Waals surface area (Å²) >= 11 is 8.31. The van der Waals surface area contributed by atoms with Gasteiger partial charge in [0.05, 0.1) is 0 Å². The lowest BCUT2D eigenvalue weighted by Crippen LogP contribution is -2.10. The van der Waals surface area contributed by atoms with Crippen LogP contribution in [-0.4, -0.2) is 4.98 Å². The van der Waals surface area contributed by atoms with Crippen molar-refractivity contribution in [2.75, 3.05) is 0 Å². The van der Waals surface area contributed by atoms with Crippen LogP contribution in [0.1, 0.15) is 23.8 Å². The quantitative estimate of drug-likeness (QED) is 0.704. The molecule has 2 nitrogen and oxygen atoms in total. The lowest BCUT2D eigenvalue weighted by atomic mass is 9.89. The van der Waals surface area contributed by atoms with Crippen molar-refractivity contribution in [2.24, 2.45) is 5.92 Å². The van der Waals surface area contributed by atoms with Gasteiger partial charge in [-0.25, -0.2) is 0 Å². The maximum atomic E-state index is 8.05. The van der Waals surface area contributed by atoms with Gasteiger partial charge in [0.2, 0.25) is 0 Å². The molecule has 16 heavy (non-hydrogen) atoms. The molecule has 3 rings (SSSR count). The smallest absolute Gasteiger partial charge is 0.161 e. The molecule has 0 saturated heterocycles. The van der Waals surface area contributed by atoms with Crippen LogP contribution in [0.15, 0.2) is 0 Å². The van der Waals surface area contributed by atoms with Gasteiger partial charge in [-0.15, -0.1) is 11.3 Å². The largest absolute Gasteiger partial charge is 0.329 e. The highest BCUT2D eigenvalue weighted by Crippen LogP contribution is 2.35. The van der Waals surface area contributed by atoms with E-state index in [1.807, 2.05) is 0 Å². The lowest BCUT2D eigenvalue weighted by molar-refractivity contribution is 0.509. The highest BCUT2D eigenvalue weighted by Gasteiger charge is 2.21. The topological polar surface area (TPSA) is 39.6 Å². The van der Waals surface area contributed by atoms with E-state index in [0.717, 1.165) is 22.6 Å². The number of nitrogens with one attached hydrogen (secondary N) is 2. The van der Waals surface area contributed by atoms with Crippen molar-refractivity contribution in [3.63, 3.8) is 0 Å². The van der Waals surface area contributed by atoms with Crippen molar-refractivity contribution in [1.82, 2.24) is 4.98 Å². The molecule has 1 atom stereocenters. The number of aromatic amines is 1. The number of hydrogen-bond acceptors (Lipinski definition) is 4. The predicted octanol–water partition coefficient (Wildman–Crippen LogP) is 3.62. The SMILES string of the molecule is CC1CCc2c(sc3[nH]c(=S)sc(=N)c23)C1. The Morgan fingerprint density at radius 3 is 3.06 bits per heavy atom. The van der Waals surface area contributed by atoms with Gasteiger partial charge in [-0.2, -0.15) is 0 Å². The molecule has 0 amide bonds. The Kier molecular flexibility index (Phi) is 2.49. The standard InChI is InChI=1S/C11H12N2S3/c1-5-2-3-6-7(4-5)15-10-8(6)9(12)16-11(14)13-10/h5,12H,2-4H2,1H3,(H,13,14). The third kappa shape index (κ3) is 1.58. The Morgan fingerprint density at radius 2 is 2.25 bits per heavy atom. The van der Waals surface area contributed by atoms with E-state index in [4.69, 9.17) is 17.6 Å². The molecule has 2 heterocycles. The van der Waals surface area contributed by atoms with Gasteiger partial charge in [0.25, 0.3) is 0 Å². The first-order valence-corrected chi connectivity index (χ1v) is 7.41. The van der Waals surface area contributed by atoms with Gasteiger partial charge in [-0.05, 0) is 43.0 Å². The van der Waals surface area contributed by atoms with E-state index in [1.165, 1.54) is 34.6 Å². The summed E-state index contributed by atoms with van der Waals surface area (Å²) in [6.07, 6.45) is 3.54. The summed E-state index contributed by atoms with van der Waals surface area (Å²) in [4.78, 5) is 5.80. The number of thiophene rings is 1. The number of aryl methyl sites for hydroxylation is 1. The second kappa shape index (κ2) is 3.75. The van der Waals surface area contributed by atoms with E-state index in [1.54, 1.807) is 11.3 Å². The number of fused-ring (bicyclic) bond motifs is 3. The van der Waals surface area contributed by atoms with Crippen LogP contribution in [0.4, 0.5) is 0 Å². The first-order chi connectivity index (χ1) is 7.65. The van der Waals surface area contributed by atoms with Crippen LogP contribution in [0.2, 0.25) is 0 Å². The predicted molar refractivity (Wildman–Crippen MR) is 71.9 cm³/mol. The fourth-order valence-electron chi connectivity index (χ4n) is 2.34. The molecule has 2 aromatic heterocycles. The van der Waals surface area contributed by atoms with Crippen LogP contribution in [0, 0.1) is 15.3 Å². The Hall–Kier alpha value is -0.520. The molecule has 2 aromatic rings. The summed E-state index contributed by atoms with van der Waals surface area (Å²) in [6.45, 7) is 2.31. The van der Waals surface area contributed by atoms with Crippen molar-refractivity contribution in [2.45, 2.75) is 26.2 Å². The molecule has 1 aliphatic carbocycles. The van der Waals surface area contributed by atoms with Crippen LogP contribution in [-0.2, 0) is 12.8 Å². The van der Waals surface area contributed by atoms with E-state index >= 15 is 0 Å². The zero-order valence-corrected chi connectivity index (χ0v) is 11.4. The second-order valence-electron chi connectivity index (χ2n) is 4.40. The Labute approximate surface area is 106 Å². The summed E-state index contributed by atoms with van der Waals surface area (Å²) in [7, 11) is 0. The normalized spacial score (nSPS) is 19.9. The van der Waals surface area contributed by atoms with Crippen molar-refractivity contribution < 1.29 is 0 Å². The fraction of sp³-hybridized carbons (Fsp3) is 0.455.